The number of furan rings is 1. The van der Waals surface area contributed by atoms with E-state index in [2.05, 4.69) is 0 Å². The molecule has 0 fully saturated rings. The first-order valence-electron chi connectivity index (χ1n) is 8.67. The fraction of sp³-hybridized carbons (Fsp3) is 0.0909. The van der Waals surface area contributed by atoms with Crippen LogP contribution in [0.1, 0.15) is 26.5 Å². The second-order valence-electron chi connectivity index (χ2n) is 6.18. The fourth-order valence-corrected chi connectivity index (χ4v) is 2.92. The Morgan fingerprint density at radius 2 is 1.86 bits per heavy atom. The first-order valence-corrected chi connectivity index (χ1v) is 8.67. The van der Waals surface area contributed by atoms with Gasteiger partial charge >= 0.3 is 0 Å². The molecule has 7 heteroatoms. The highest BCUT2D eigenvalue weighted by Crippen LogP contribution is 2.42. The van der Waals surface area contributed by atoms with Crippen LogP contribution in [-0.2, 0) is 0 Å². The molecule has 4 rings (SSSR count). The maximum Gasteiger partial charge on any atom is 0.231 e. The Labute approximate surface area is 165 Å². The largest absolute Gasteiger partial charge is 0.542 e. The van der Waals surface area contributed by atoms with E-state index in [4.69, 9.17) is 18.6 Å². The van der Waals surface area contributed by atoms with E-state index in [1.165, 1.54) is 25.3 Å². The molecule has 146 valence electrons. The van der Waals surface area contributed by atoms with Gasteiger partial charge in [-0.2, -0.15) is 0 Å². The van der Waals surface area contributed by atoms with Crippen LogP contribution in [0.4, 0.5) is 0 Å². The zero-order valence-electron chi connectivity index (χ0n) is 15.3. The summed E-state index contributed by atoms with van der Waals surface area (Å²) in [6.45, 7) is 0.129. The number of hydrogen-bond donors (Lipinski definition) is 0. The molecule has 1 aromatic heterocycles. The molecule has 1 aliphatic rings. The summed E-state index contributed by atoms with van der Waals surface area (Å²) >= 11 is 0. The van der Waals surface area contributed by atoms with Gasteiger partial charge in [-0.15, -0.1) is 0 Å². The van der Waals surface area contributed by atoms with E-state index in [0.717, 1.165) is 5.56 Å². The van der Waals surface area contributed by atoms with Crippen molar-refractivity contribution < 1.29 is 33.3 Å². The van der Waals surface area contributed by atoms with E-state index in [9.17, 15) is 14.7 Å². The zero-order chi connectivity index (χ0) is 20.4. The third-order valence-corrected chi connectivity index (χ3v) is 4.37. The van der Waals surface area contributed by atoms with E-state index in [1.54, 1.807) is 42.5 Å². The minimum atomic E-state index is -1.38. The quantitative estimate of drug-likeness (QED) is 0.471. The first-order chi connectivity index (χ1) is 14.0. The van der Waals surface area contributed by atoms with Gasteiger partial charge in [-0.1, -0.05) is 30.3 Å². The van der Waals surface area contributed by atoms with Crippen LogP contribution in [0, 0.1) is 0 Å². The molecular formula is C22H15O7-. The number of carbonyl (C=O) groups is 2. The standard InChI is InChI=1S/C22H16O7/c1-26-19-10-13(11-20-21(19)28-12-27-20)2-7-16(23)14-3-5-15(6-4-14)17-8-9-18(29-17)22(24)25/h2-11H,12H2,1H3,(H,24,25)/p-1/b7-2+. The van der Waals surface area contributed by atoms with Gasteiger partial charge in [0, 0.05) is 11.1 Å². The van der Waals surface area contributed by atoms with Crippen molar-refractivity contribution in [2.75, 3.05) is 13.9 Å². The molecule has 3 aromatic rings. The van der Waals surface area contributed by atoms with Crippen molar-refractivity contribution >= 4 is 17.8 Å². The van der Waals surface area contributed by atoms with Gasteiger partial charge in [-0.3, -0.25) is 4.79 Å². The minimum Gasteiger partial charge on any atom is -0.542 e. The third kappa shape index (κ3) is 3.70. The van der Waals surface area contributed by atoms with Gasteiger partial charge in [-0.05, 0) is 35.9 Å². The highest BCUT2D eigenvalue weighted by atomic mass is 16.7. The molecule has 2 aromatic carbocycles. The maximum absolute atomic E-state index is 12.5. The van der Waals surface area contributed by atoms with Gasteiger partial charge in [0.15, 0.2) is 17.3 Å². The van der Waals surface area contributed by atoms with Crippen LogP contribution in [0.5, 0.6) is 17.2 Å². The highest BCUT2D eigenvalue weighted by molar-refractivity contribution is 6.07. The van der Waals surface area contributed by atoms with Crippen molar-refractivity contribution in [3.8, 4) is 28.6 Å². The molecule has 0 atom stereocenters. The monoisotopic (exact) mass is 391 g/mol. The van der Waals surface area contributed by atoms with E-state index in [-0.39, 0.29) is 18.3 Å². The van der Waals surface area contributed by atoms with Crippen molar-refractivity contribution in [1.82, 2.24) is 0 Å². The minimum absolute atomic E-state index is 0.129. The smallest absolute Gasteiger partial charge is 0.231 e. The van der Waals surface area contributed by atoms with Gasteiger partial charge in [0.1, 0.15) is 17.5 Å². The number of carboxylic acid groups (broad SMARTS) is 1. The van der Waals surface area contributed by atoms with E-state index in [0.29, 0.717) is 34.1 Å². The summed E-state index contributed by atoms with van der Waals surface area (Å²) in [5, 5.41) is 10.8. The highest BCUT2D eigenvalue weighted by Gasteiger charge is 2.19. The second kappa shape index (κ2) is 7.55. The Balaban J connectivity index is 1.50. The summed E-state index contributed by atoms with van der Waals surface area (Å²) in [5.74, 6) is 0.206. The number of fused-ring (bicyclic) bond motifs is 1. The summed E-state index contributed by atoms with van der Waals surface area (Å²) in [7, 11) is 1.53. The maximum atomic E-state index is 12.5. The molecule has 1 aliphatic heterocycles. The van der Waals surface area contributed by atoms with Gasteiger partial charge in [0.05, 0.1) is 7.11 Å². The zero-order valence-corrected chi connectivity index (χ0v) is 15.3. The lowest BCUT2D eigenvalue weighted by atomic mass is 10.1. The molecule has 29 heavy (non-hydrogen) atoms. The Morgan fingerprint density at radius 1 is 1.07 bits per heavy atom. The van der Waals surface area contributed by atoms with Gasteiger partial charge < -0.3 is 28.5 Å². The van der Waals surface area contributed by atoms with E-state index >= 15 is 0 Å². The molecular weight excluding hydrogens is 376 g/mol. The van der Waals surface area contributed by atoms with Crippen LogP contribution in [0.3, 0.4) is 0 Å². The summed E-state index contributed by atoms with van der Waals surface area (Å²) in [6.07, 6.45) is 3.12. The predicted molar refractivity (Wildman–Crippen MR) is 101 cm³/mol. The fourth-order valence-electron chi connectivity index (χ4n) is 2.92. The average Bonchev–Trinajstić information content (AvgIpc) is 3.41. The number of ether oxygens (including phenoxy) is 3. The van der Waals surface area contributed by atoms with Crippen LogP contribution in [0.25, 0.3) is 17.4 Å². The lowest BCUT2D eigenvalue weighted by Crippen LogP contribution is -2.21. The molecule has 0 saturated heterocycles. The second-order valence-corrected chi connectivity index (χ2v) is 6.18. The Bertz CT molecular complexity index is 1110. The van der Waals surface area contributed by atoms with Gasteiger partial charge in [0.25, 0.3) is 0 Å². The molecule has 0 amide bonds. The average molecular weight is 391 g/mol. The Hall–Kier alpha value is -4.00. The normalized spacial score (nSPS) is 12.3. The summed E-state index contributed by atoms with van der Waals surface area (Å²) < 4.78 is 21.2. The number of methoxy groups -OCH3 is 1. The number of allylic oxidation sites excluding steroid dienone is 1. The molecule has 0 spiro atoms. The SMILES string of the molecule is COc1cc(/C=C/C(=O)c2ccc(-c3ccc(C(=O)[O-])o3)cc2)cc2c1OCO2. The van der Waals surface area contributed by atoms with E-state index < -0.39 is 5.97 Å². The van der Waals surface area contributed by atoms with Crippen LogP contribution in [-0.4, -0.2) is 25.7 Å². The molecule has 0 bridgehead atoms. The topological polar surface area (TPSA) is 98.0 Å². The van der Waals surface area contributed by atoms with Gasteiger partial charge in [-0.25, -0.2) is 0 Å². The number of rotatable bonds is 6. The number of hydrogen-bond acceptors (Lipinski definition) is 7. The molecule has 0 saturated carbocycles. The first kappa shape index (κ1) is 18.4. The molecule has 7 nitrogen and oxygen atoms in total. The van der Waals surface area contributed by atoms with Crippen molar-refractivity contribution in [2.24, 2.45) is 0 Å². The molecule has 0 aliphatic carbocycles. The summed E-state index contributed by atoms with van der Waals surface area (Å²) in [5.41, 5.74) is 1.87. The van der Waals surface area contributed by atoms with Crippen LogP contribution < -0.4 is 19.3 Å². The Kier molecular flexibility index (Phi) is 4.78. The third-order valence-electron chi connectivity index (χ3n) is 4.37. The summed E-state index contributed by atoms with van der Waals surface area (Å²) in [4.78, 5) is 23.3. The van der Waals surface area contributed by atoms with Crippen molar-refractivity contribution in [2.45, 2.75) is 0 Å². The molecule has 2 heterocycles. The van der Waals surface area contributed by atoms with Crippen LogP contribution >= 0.6 is 0 Å². The predicted octanol–water partition coefficient (Wildman–Crippen LogP) is 2.94. The molecule has 0 unspecified atom stereocenters. The lowest BCUT2D eigenvalue weighted by molar-refractivity contribution is -0.257. The number of carbonyl (C=O) groups excluding carboxylic acids is 2. The molecule has 0 N–H and O–H groups in total. The van der Waals surface area contributed by atoms with Crippen LogP contribution in [0.2, 0.25) is 0 Å². The van der Waals surface area contributed by atoms with Crippen molar-refractivity contribution in [3.05, 3.63) is 71.5 Å². The van der Waals surface area contributed by atoms with Gasteiger partial charge in [0.2, 0.25) is 12.5 Å². The number of benzene rings is 2. The Morgan fingerprint density at radius 3 is 2.55 bits per heavy atom. The number of aromatic carboxylic acids is 1. The number of ketones is 1. The van der Waals surface area contributed by atoms with Crippen molar-refractivity contribution in [3.63, 3.8) is 0 Å². The van der Waals surface area contributed by atoms with Crippen LogP contribution in [0.15, 0.2) is 59.0 Å². The van der Waals surface area contributed by atoms with E-state index in [1.807, 2.05) is 0 Å². The molecule has 0 radical (unpaired) electrons. The summed E-state index contributed by atoms with van der Waals surface area (Å²) in [6, 6.07) is 13.0. The lowest BCUT2D eigenvalue weighted by Gasteiger charge is -2.05. The van der Waals surface area contributed by atoms with Crippen molar-refractivity contribution in [1.29, 1.82) is 0 Å². The number of carboxylic acids is 1.